The number of carbonyl (C=O) groups is 2. The van der Waals surface area contributed by atoms with E-state index in [1.165, 1.54) is 6.20 Å². The van der Waals surface area contributed by atoms with E-state index in [-0.39, 0.29) is 11.8 Å². The maximum absolute atomic E-state index is 13.2. The van der Waals surface area contributed by atoms with Crippen molar-refractivity contribution in [2.75, 3.05) is 20.1 Å². The van der Waals surface area contributed by atoms with Gasteiger partial charge in [0, 0.05) is 25.7 Å². The summed E-state index contributed by atoms with van der Waals surface area (Å²) in [5.41, 5.74) is 1.36. The smallest absolute Gasteiger partial charge is 0.259 e. The molecule has 0 aliphatic carbocycles. The maximum Gasteiger partial charge on any atom is 0.259 e. The van der Waals surface area contributed by atoms with Gasteiger partial charge >= 0.3 is 0 Å². The van der Waals surface area contributed by atoms with Gasteiger partial charge in [0.2, 0.25) is 5.91 Å². The predicted molar refractivity (Wildman–Crippen MR) is 105 cm³/mol. The summed E-state index contributed by atoms with van der Waals surface area (Å²) < 4.78 is 5.36. The Morgan fingerprint density at radius 2 is 1.75 bits per heavy atom. The van der Waals surface area contributed by atoms with Gasteiger partial charge in [0.1, 0.15) is 5.56 Å². The van der Waals surface area contributed by atoms with Crippen LogP contribution in [0.1, 0.15) is 22.3 Å². The van der Waals surface area contributed by atoms with Gasteiger partial charge in [0.25, 0.3) is 5.91 Å². The first kappa shape index (κ1) is 18.0. The Hall–Kier alpha value is -3.41. The average Bonchev–Trinajstić information content (AvgIpc) is 3.42. The van der Waals surface area contributed by atoms with Crippen molar-refractivity contribution in [1.29, 1.82) is 0 Å². The van der Waals surface area contributed by atoms with E-state index in [0.717, 1.165) is 11.1 Å². The molecule has 1 fully saturated rings. The largest absolute Gasteiger partial charge is 0.358 e. The highest BCUT2D eigenvalue weighted by molar-refractivity contribution is 6.00. The van der Waals surface area contributed by atoms with Crippen molar-refractivity contribution in [3.05, 3.63) is 78.0 Å². The van der Waals surface area contributed by atoms with Crippen LogP contribution in [0.2, 0.25) is 0 Å². The lowest BCUT2D eigenvalue weighted by molar-refractivity contribution is -0.125. The normalized spacial score (nSPS) is 18.8. The first-order valence-electron chi connectivity index (χ1n) is 9.23. The van der Waals surface area contributed by atoms with Crippen LogP contribution >= 0.6 is 0 Å². The molecule has 0 saturated carbocycles. The minimum Gasteiger partial charge on any atom is -0.358 e. The number of likely N-dealkylation sites (N-methyl/N-ethyl adjacent to an activating group) is 1. The summed E-state index contributed by atoms with van der Waals surface area (Å²) in [6.07, 6.45) is 2.02. The van der Waals surface area contributed by atoms with Crippen LogP contribution in [0.25, 0.3) is 11.3 Å². The zero-order valence-electron chi connectivity index (χ0n) is 15.6. The first-order valence-corrected chi connectivity index (χ1v) is 9.23. The van der Waals surface area contributed by atoms with Crippen molar-refractivity contribution >= 4 is 11.8 Å². The van der Waals surface area contributed by atoms with E-state index in [1.807, 2.05) is 60.7 Å². The number of aromatic nitrogens is 1. The van der Waals surface area contributed by atoms with Crippen molar-refractivity contribution in [2.45, 2.75) is 11.8 Å². The summed E-state index contributed by atoms with van der Waals surface area (Å²) >= 11 is 0. The van der Waals surface area contributed by atoms with Gasteiger partial charge in [-0.1, -0.05) is 65.8 Å². The molecule has 1 N–H and O–H groups in total. The second-order valence-corrected chi connectivity index (χ2v) is 6.94. The highest BCUT2D eigenvalue weighted by Gasteiger charge is 2.47. The zero-order chi connectivity index (χ0) is 19.6. The van der Waals surface area contributed by atoms with Crippen LogP contribution in [0.3, 0.4) is 0 Å². The van der Waals surface area contributed by atoms with Crippen LogP contribution < -0.4 is 5.32 Å². The number of amides is 2. The molecular weight excluding hydrogens is 354 g/mol. The van der Waals surface area contributed by atoms with Crippen LogP contribution in [0.4, 0.5) is 0 Å². The molecule has 2 aromatic carbocycles. The van der Waals surface area contributed by atoms with Crippen LogP contribution in [0, 0.1) is 0 Å². The fraction of sp³-hybridized carbons (Fsp3) is 0.227. The van der Waals surface area contributed by atoms with Crippen LogP contribution in [0.15, 0.2) is 71.4 Å². The predicted octanol–water partition coefficient (Wildman–Crippen LogP) is 2.87. The van der Waals surface area contributed by atoms with Crippen molar-refractivity contribution < 1.29 is 14.1 Å². The third kappa shape index (κ3) is 2.97. The van der Waals surface area contributed by atoms with E-state index in [0.29, 0.717) is 30.8 Å². The van der Waals surface area contributed by atoms with E-state index in [2.05, 4.69) is 10.5 Å². The summed E-state index contributed by atoms with van der Waals surface area (Å²) in [5, 5.41) is 6.60. The lowest BCUT2D eigenvalue weighted by Crippen LogP contribution is -2.46. The van der Waals surface area contributed by atoms with Gasteiger partial charge < -0.3 is 14.7 Å². The molecule has 6 nitrogen and oxygen atoms in total. The molecular formula is C22H21N3O3. The molecule has 0 radical (unpaired) electrons. The van der Waals surface area contributed by atoms with Gasteiger partial charge in [-0.25, -0.2) is 0 Å². The third-order valence-corrected chi connectivity index (χ3v) is 5.38. The monoisotopic (exact) mass is 375 g/mol. The van der Waals surface area contributed by atoms with Crippen molar-refractivity contribution in [3.8, 4) is 11.3 Å². The highest BCUT2D eigenvalue weighted by Crippen LogP contribution is 2.36. The number of benzene rings is 2. The van der Waals surface area contributed by atoms with Gasteiger partial charge in [0.05, 0.1) is 11.6 Å². The van der Waals surface area contributed by atoms with Gasteiger partial charge in [-0.15, -0.1) is 0 Å². The van der Waals surface area contributed by atoms with E-state index in [4.69, 9.17) is 4.52 Å². The molecule has 1 unspecified atom stereocenters. The van der Waals surface area contributed by atoms with Crippen molar-refractivity contribution in [3.63, 3.8) is 0 Å². The fourth-order valence-corrected chi connectivity index (χ4v) is 3.89. The van der Waals surface area contributed by atoms with Crippen LogP contribution in [-0.4, -0.2) is 42.0 Å². The lowest BCUT2D eigenvalue weighted by atomic mass is 9.79. The van der Waals surface area contributed by atoms with Crippen LogP contribution in [-0.2, 0) is 10.2 Å². The average molecular weight is 375 g/mol. The molecule has 1 saturated heterocycles. The molecule has 28 heavy (non-hydrogen) atoms. The number of hydrogen-bond donors (Lipinski definition) is 1. The Labute approximate surface area is 163 Å². The number of likely N-dealkylation sites (tertiary alicyclic amines) is 1. The third-order valence-electron chi connectivity index (χ3n) is 5.38. The topological polar surface area (TPSA) is 75.4 Å². The number of carbonyl (C=O) groups excluding carboxylic acids is 2. The quantitative estimate of drug-likeness (QED) is 0.761. The summed E-state index contributed by atoms with van der Waals surface area (Å²) in [6, 6.07) is 19.1. The molecule has 2 heterocycles. The SMILES string of the molecule is CNC(=O)C1(c2ccccc2)CCN(C(=O)c2cnoc2-c2ccccc2)C1. The summed E-state index contributed by atoms with van der Waals surface area (Å²) in [7, 11) is 1.63. The number of rotatable bonds is 4. The van der Waals surface area contributed by atoms with Gasteiger partial charge in [0.15, 0.2) is 5.76 Å². The second kappa shape index (κ2) is 7.31. The standard InChI is InChI=1S/C22H21N3O3/c1-23-21(27)22(17-10-6-3-7-11-17)12-13-25(15-22)20(26)18-14-24-28-19(18)16-8-4-2-5-9-16/h2-11,14H,12-13,15H2,1H3,(H,23,27). The van der Waals surface area contributed by atoms with Gasteiger partial charge in [-0.2, -0.15) is 0 Å². The number of hydrogen-bond acceptors (Lipinski definition) is 4. The molecule has 4 rings (SSSR count). The van der Waals surface area contributed by atoms with Gasteiger partial charge in [-0.3, -0.25) is 9.59 Å². The maximum atomic E-state index is 13.2. The molecule has 142 valence electrons. The lowest BCUT2D eigenvalue weighted by Gasteiger charge is -2.28. The fourth-order valence-electron chi connectivity index (χ4n) is 3.89. The van der Waals surface area contributed by atoms with E-state index < -0.39 is 5.41 Å². The highest BCUT2D eigenvalue weighted by atomic mass is 16.5. The Bertz CT molecular complexity index is 985. The van der Waals surface area contributed by atoms with Crippen LogP contribution in [0.5, 0.6) is 0 Å². The molecule has 0 bridgehead atoms. The first-order chi connectivity index (χ1) is 13.7. The Morgan fingerprint density at radius 3 is 2.43 bits per heavy atom. The second-order valence-electron chi connectivity index (χ2n) is 6.94. The molecule has 0 spiro atoms. The molecule has 1 aliphatic rings. The summed E-state index contributed by atoms with van der Waals surface area (Å²) in [6.45, 7) is 0.801. The number of nitrogens with zero attached hydrogens (tertiary/aromatic N) is 2. The minimum absolute atomic E-state index is 0.0809. The van der Waals surface area contributed by atoms with Crippen molar-refractivity contribution in [2.24, 2.45) is 0 Å². The van der Waals surface area contributed by atoms with E-state index in [1.54, 1.807) is 11.9 Å². The summed E-state index contributed by atoms with van der Waals surface area (Å²) in [5.74, 6) is 0.187. The molecule has 1 aliphatic heterocycles. The van der Waals surface area contributed by atoms with E-state index in [9.17, 15) is 9.59 Å². The Morgan fingerprint density at radius 1 is 1.07 bits per heavy atom. The molecule has 1 atom stereocenters. The number of nitrogens with one attached hydrogen (secondary N) is 1. The molecule has 6 heteroatoms. The Balaban J connectivity index is 1.65. The van der Waals surface area contributed by atoms with E-state index >= 15 is 0 Å². The molecule has 3 aromatic rings. The molecule has 1 aromatic heterocycles. The van der Waals surface area contributed by atoms with Gasteiger partial charge in [-0.05, 0) is 12.0 Å². The minimum atomic E-state index is -0.754. The Kier molecular flexibility index (Phi) is 4.69. The zero-order valence-corrected chi connectivity index (χ0v) is 15.6. The summed E-state index contributed by atoms with van der Waals surface area (Å²) in [4.78, 5) is 27.7. The molecule has 2 amide bonds. The van der Waals surface area contributed by atoms with Crippen molar-refractivity contribution in [1.82, 2.24) is 15.4 Å².